The van der Waals surface area contributed by atoms with Gasteiger partial charge < -0.3 is 5.32 Å². The fraction of sp³-hybridized carbons (Fsp3) is 0.417. The van der Waals surface area contributed by atoms with Gasteiger partial charge in [-0.25, -0.2) is 13.6 Å². The summed E-state index contributed by atoms with van der Waals surface area (Å²) in [6.07, 6.45) is 2.18. The summed E-state index contributed by atoms with van der Waals surface area (Å²) < 4.78 is 34.4. The van der Waals surface area contributed by atoms with Crippen molar-refractivity contribution in [2.24, 2.45) is 5.14 Å². The topological polar surface area (TPSA) is 106 Å². The Bertz CT molecular complexity index is 674. The van der Waals surface area contributed by atoms with E-state index >= 15 is 0 Å². The van der Waals surface area contributed by atoms with Crippen molar-refractivity contribution in [2.75, 3.05) is 18.6 Å². The van der Waals surface area contributed by atoms with Crippen LogP contribution in [0.15, 0.2) is 21.5 Å². The molecule has 1 rings (SSSR count). The van der Waals surface area contributed by atoms with Crippen LogP contribution in [0, 0.1) is 6.92 Å². The van der Waals surface area contributed by atoms with E-state index in [2.05, 4.69) is 21.2 Å². The number of rotatable bonds is 6. The van der Waals surface area contributed by atoms with E-state index in [-0.39, 0.29) is 10.5 Å². The molecule has 0 aliphatic carbocycles. The van der Waals surface area contributed by atoms with E-state index in [4.69, 9.17) is 5.14 Å². The molecule has 6 nitrogen and oxygen atoms in total. The van der Waals surface area contributed by atoms with Crippen molar-refractivity contribution in [2.45, 2.75) is 18.2 Å². The first-order valence-electron chi connectivity index (χ1n) is 6.04. The van der Waals surface area contributed by atoms with Gasteiger partial charge in [0.25, 0.3) is 5.91 Å². The monoisotopic (exact) mass is 396 g/mol. The molecule has 21 heavy (non-hydrogen) atoms. The third kappa shape index (κ3) is 5.50. The summed E-state index contributed by atoms with van der Waals surface area (Å²) in [4.78, 5) is 11.9. The number of carbonyl (C=O) groups is 1. The average molecular weight is 397 g/mol. The van der Waals surface area contributed by atoms with Crippen molar-refractivity contribution in [1.82, 2.24) is 5.32 Å². The van der Waals surface area contributed by atoms with Crippen LogP contribution in [-0.2, 0) is 20.8 Å². The summed E-state index contributed by atoms with van der Waals surface area (Å²) in [5, 5.41) is 7.79. The molecule has 0 saturated carbocycles. The molecule has 1 aromatic carbocycles. The molecular weight excluding hydrogens is 380 g/mol. The molecule has 0 heterocycles. The molecule has 1 aromatic rings. The lowest BCUT2D eigenvalue weighted by atomic mass is 10.1. The zero-order valence-electron chi connectivity index (χ0n) is 11.7. The van der Waals surface area contributed by atoms with Gasteiger partial charge in [0.1, 0.15) is 0 Å². The van der Waals surface area contributed by atoms with Gasteiger partial charge in [-0.3, -0.25) is 9.00 Å². The van der Waals surface area contributed by atoms with E-state index in [1.54, 1.807) is 13.2 Å². The summed E-state index contributed by atoms with van der Waals surface area (Å²) >= 11 is 3.22. The Morgan fingerprint density at radius 2 is 2.05 bits per heavy atom. The number of carbonyl (C=O) groups excluding carboxylic acids is 1. The van der Waals surface area contributed by atoms with Gasteiger partial charge >= 0.3 is 0 Å². The molecule has 0 radical (unpaired) electrons. The fourth-order valence-electron chi connectivity index (χ4n) is 1.66. The number of hydrogen-bond acceptors (Lipinski definition) is 4. The molecule has 1 unspecified atom stereocenters. The van der Waals surface area contributed by atoms with E-state index in [0.29, 0.717) is 28.8 Å². The minimum atomic E-state index is -3.90. The number of primary sulfonamides is 1. The smallest absolute Gasteiger partial charge is 0.251 e. The highest BCUT2D eigenvalue weighted by Crippen LogP contribution is 2.25. The molecule has 3 N–H and O–H groups in total. The Balaban J connectivity index is 2.91. The minimum Gasteiger partial charge on any atom is -0.352 e. The number of hydrogen-bond donors (Lipinski definition) is 2. The Morgan fingerprint density at radius 1 is 1.43 bits per heavy atom. The maximum atomic E-state index is 12.0. The highest BCUT2D eigenvalue weighted by atomic mass is 79.9. The molecule has 0 fully saturated rings. The molecular formula is C12H17BrN2O4S2. The van der Waals surface area contributed by atoms with E-state index in [0.717, 1.165) is 0 Å². The Labute approximate surface area is 135 Å². The number of benzene rings is 1. The molecule has 1 atom stereocenters. The predicted octanol–water partition coefficient (Wildman–Crippen LogP) is 0.903. The fourth-order valence-corrected chi connectivity index (χ4v) is 3.63. The first-order chi connectivity index (χ1) is 9.62. The second-order valence-corrected chi connectivity index (χ2v) is 8.45. The standard InChI is InChI=1S/C12H17BrN2O4S2/c1-8-10(13)6-9(7-11(8)21(14,18)19)12(16)15-4-3-5-20(2)17/h6-7H,3-5H2,1-2H3,(H,15,16)(H2,14,18,19). The number of halogens is 1. The van der Waals surface area contributed by atoms with Crippen LogP contribution in [-0.4, -0.2) is 37.1 Å². The van der Waals surface area contributed by atoms with Crippen molar-refractivity contribution in [3.63, 3.8) is 0 Å². The van der Waals surface area contributed by atoms with Gasteiger partial charge in [-0.05, 0) is 31.0 Å². The maximum absolute atomic E-state index is 12.0. The van der Waals surface area contributed by atoms with Gasteiger partial charge in [0.2, 0.25) is 10.0 Å². The van der Waals surface area contributed by atoms with E-state index in [9.17, 15) is 17.4 Å². The van der Waals surface area contributed by atoms with Crippen molar-refractivity contribution >= 4 is 42.7 Å². The van der Waals surface area contributed by atoms with Crippen molar-refractivity contribution in [3.8, 4) is 0 Å². The van der Waals surface area contributed by atoms with Gasteiger partial charge in [0, 0.05) is 39.4 Å². The van der Waals surface area contributed by atoms with Crippen molar-refractivity contribution in [3.05, 3.63) is 27.7 Å². The number of nitrogens with two attached hydrogens (primary N) is 1. The summed E-state index contributed by atoms with van der Waals surface area (Å²) in [6, 6.07) is 2.79. The SMILES string of the molecule is Cc1c(Br)cc(C(=O)NCCCS(C)=O)cc1S(N)(=O)=O. The molecule has 0 aliphatic rings. The third-order valence-corrected chi connectivity index (χ3v) is 5.48. The quantitative estimate of drug-likeness (QED) is 0.696. The van der Waals surface area contributed by atoms with Crippen LogP contribution in [0.3, 0.4) is 0 Å². The first kappa shape index (κ1) is 18.3. The Kier molecular flexibility index (Phi) is 6.51. The predicted molar refractivity (Wildman–Crippen MR) is 86.1 cm³/mol. The van der Waals surface area contributed by atoms with Gasteiger partial charge in [0.15, 0.2) is 0 Å². The normalized spacial score (nSPS) is 13.0. The lowest BCUT2D eigenvalue weighted by Gasteiger charge is -2.10. The number of amides is 1. The van der Waals surface area contributed by atoms with Gasteiger partial charge in [-0.2, -0.15) is 0 Å². The largest absolute Gasteiger partial charge is 0.352 e. The van der Waals surface area contributed by atoms with Crippen LogP contribution < -0.4 is 10.5 Å². The second kappa shape index (κ2) is 7.48. The summed E-state index contributed by atoms with van der Waals surface area (Å²) in [6.45, 7) is 1.97. The molecule has 0 saturated heterocycles. The molecule has 9 heteroatoms. The Morgan fingerprint density at radius 3 is 2.57 bits per heavy atom. The van der Waals surface area contributed by atoms with E-state index in [1.165, 1.54) is 12.1 Å². The first-order valence-corrected chi connectivity index (χ1v) is 10.1. The molecule has 0 aliphatic heterocycles. The van der Waals surface area contributed by atoms with Gasteiger partial charge in [-0.1, -0.05) is 15.9 Å². The summed E-state index contributed by atoms with van der Waals surface area (Å²) in [5.41, 5.74) is 0.657. The van der Waals surface area contributed by atoms with Crippen LogP contribution in [0.25, 0.3) is 0 Å². The van der Waals surface area contributed by atoms with Gasteiger partial charge in [0.05, 0.1) is 4.90 Å². The van der Waals surface area contributed by atoms with Crippen molar-refractivity contribution < 1.29 is 17.4 Å². The highest BCUT2D eigenvalue weighted by molar-refractivity contribution is 9.10. The zero-order chi connectivity index (χ0) is 16.2. The number of nitrogens with one attached hydrogen (secondary N) is 1. The molecule has 0 bridgehead atoms. The van der Waals surface area contributed by atoms with Crippen LogP contribution in [0.2, 0.25) is 0 Å². The van der Waals surface area contributed by atoms with Crippen LogP contribution >= 0.6 is 15.9 Å². The Hall–Kier alpha value is -0.770. The number of sulfonamides is 1. The van der Waals surface area contributed by atoms with Crippen LogP contribution in [0.4, 0.5) is 0 Å². The van der Waals surface area contributed by atoms with Crippen LogP contribution in [0.1, 0.15) is 22.3 Å². The molecule has 118 valence electrons. The average Bonchev–Trinajstić information content (AvgIpc) is 2.35. The molecule has 0 spiro atoms. The van der Waals surface area contributed by atoms with E-state index in [1.807, 2.05) is 0 Å². The van der Waals surface area contributed by atoms with Gasteiger partial charge in [-0.15, -0.1) is 0 Å². The summed E-state index contributed by atoms with van der Waals surface area (Å²) in [7, 11) is -4.80. The minimum absolute atomic E-state index is 0.0864. The lowest BCUT2D eigenvalue weighted by molar-refractivity contribution is 0.0953. The lowest BCUT2D eigenvalue weighted by Crippen LogP contribution is -2.26. The molecule has 0 aromatic heterocycles. The maximum Gasteiger partial charge on any atom is 0.251 e. The zero-order valence-corrected chi connectivity index (χ0v) is 14.9. The van der Waals surface area contributed by atoms with Crippen LogP contribution in [0.5, 0.6) is 0 Å². The second-order valence-electron chi connectivity index (χ2n) is 4.51. The summed E-state index contributed by atoms with van der Waals surface area (Å²) in [5.74, 6) is 0.0998. The third-order valence-electron chi connectivity index (χ3n) is 2.76. The molecule has 1 amide bonds. The highest BCUT2D eigenvalue weighted by Gasteiger charge is 2.17. The van der Waals surface area contributed by atoms with E-state index < -0.39 is 26.7 Å². The van der Waals surface area contributed by atoms with Crippen molar-refractivity contribution in [1.29, 1.82) is 0 Å².